The zero-order chi connectivity index (χ0) is 37.8. The molecule has 1 unspecified atom stereocenters. The lowest BCUT2D eigenvalue weighted by molar-refractivity contribution is -0.215. The third-order valence-electron chi connectivity index (χ3n) is 8.87. The van der Waals surface area contributed by atoms with E-state index in [2.05, 4.69) is 0 Å². The number of hydrogen-bond donors (Lipinski definition) is 2. The number of carbonyl (C=O) groups is 1. The first-order chi connectivity index (χ1) is 26.5. The van der Waals surface area contributed by atoms with Gasteiger partial charge in [-0.3, -0.25) is 0 Å². The predicted molar refractivity (Wildman–Crippen MR) is 209 cm³/mol. The minimum absolute atomic E-state index is 0.0226. The molecule has 0 bridgehead atoms. The van der Waals surface area contributed by atoms with Crippen LogP contribution < -0.4 is 5.73 Å². The highest BCUT2D eigenvalue weighted by Crippen LogP contribution is 2.24. The average Bonchev–Trinajstić information content (AvgIpc) is 3.22. The van der Waals surface area contributed by atoms with Crippen LogP contribution in [-0.4, -0.2) is 59.9 Å². The van der Waals surface area contributed by atoms with E-state index in [-0.39, 0.29) is 33.0 Å². The van der Waals surface area contributed by atoms with E-state index in [9.17, 15) is 9.90 Å². The van der Waals surface area contributed by atoms with E-state index in [4.69, 9.17) is 29.5 Å². The van der Waals surface area contributed by atoms with Crippen molar-refractivity contribution in [3.8, 4) is 0 Å². The van der Waals surface area contributed by atoms with Gasteiger partial charge in [-0.25, -0.2) is 4.79 Å². The van der Waals surface area contributed by atoms with Crippen LogP contribution in [0.5, 0.6) is 0 Å². The molecule has 0 amide bonds. The van der Waals surface area contributed by atoms with Gasteiger partial charge < -0.3 is 34.6 Å². The third-order valence-corrected chi connectivity index (χ3v) is 8.87. The fourth-order valence-corrected chi connectivity index (χ4v) is 5.96. The summed E-state index contributed by atoms with van der Waals surface area (Å²) in [4.78, 5) is 19.5. The van der Waals surface area contributed by atoms with E-state index >= 15 is 0 Å². The van der Waals surface area contributed by atoms with Gasteiger partial charge in [0.2, 0.25) is 0 Å². The summed E-state index contributed by atoms with van der Waals surface area (Å²) in [7, 11) is 0. The molecular formula is C45H52N2O7. The lowest BCUT2D eigenvalue weighted by atomic mass is 10.0. The third kappa shape index (κ3) is 13.3. The summed E-state index contributed by atoms with van der Waals surface area (Å²) in [5.74, 6) is -0.544. The topological polar surface area (TPSA) is 113 Å². The van der Waals surface area contributed by atoms with Gasteiger partial charge in [-0.1, -0.05) is 153 Å². The van der Waals surface area contributed by atoms with Gasteiger partial charge >= 0.3 is 5.97 Å². The molecule has 5 atom stereocenters. The molecule has 54 heavy (non-hydrogen) atoms. The normalized spacial score (nSPS) is 14.2. The van der Waals surface area contributed by atoms with Crippen molar-refractivity contribution in [1.82, 2.24) is 5.06 Å². The molecule has 5 rings (SSSR count). The number of hydroxylamine groups is 2. The van der Waals surface area contributed by atoms with Gasteiger partial charge in [-0.2, -0.15) is 0 Å². The smallest absolute Gasteiger partial charge is 0.357 e. The molecule has 0 saturated heterocycles. The Labute approximate surface area is 319 Å². The molecule has 3 N–H and O–H groups in total. The second kappa shape index (κ2) is 22.5. The van der Waals surface area contributed by atoms with E-state index in [1.165, 1.54) is 5.06 Å². The quantitative estimate of drug-likeness (QED) is 0.0522. The number of nitrogens with zero attached hydrogens (tertiary/aromatic N) is 1. The van der Waals surface area contributed by atoms with Gasteiger partial charge in [-0.05, 0) is 40.8 Å². The fourth-order valence-electron chi connectivity index (χ4n) is 5.96. The number of benzene rings is 5. The van der Waals surface area contributed by atoms with E-state index in [1.807, 2.05) is 134 Å². The van der Waals surface area contributed by atoms with Crippen LogP contribution in [0.3, 0.4) is 0 Å². The molecule has 0 saturated carbocycles. The van der Waals surface area contributed by atoms with Crippen molar-refractivity contribution in [2.45, 2.75) is 76.8 Å². The summed E-state index contributed by atoms with van der Waals surface area (Å²) >= 11 is 0. The van der Waals surface area contributed by atoms with Gasteiger partial charge in [0.05, 0.1) is 51.3 Å². The van der Waals surface area contributed by atoms with Crippen LogP contribution in [-0.2, 0) is 50.2 Å². The maximum absolute atomic E-state index is 13.5. The van der Waals surface area contributed by atoms with Gasteiger partial charge in [0.1, 0.15) is 24.4 Å². The minimum atomic E-state index is -1.13. The van der Waals surface area contributed by atoms with E-state index in [0.717, 1.165) is 28.7 Å². The van der Waals surface area contributed by atoms with Crippen LogP contribution in [0.2, 0.25) is 0 Å². The average molecular weight is 733 g/mol. The molecule has 0 aliphatic rings. The van der Waals surface area contributed by atoms with Crippen LogP contribution in [0, 0.1) is 0 Å². The van der Waals surface area contributed by atoms with E-state index in [0.29, 0.717) is 18.6 Å². The van der Waals surface area contributed by atoms with Crippen LogP contribution in [0.4, 0.5) is 0 Å². The van der Waals surface area contributed by atoms with Crippen LogP contribution >= 0.6 is 0 Å². The zero-order valence-corrected chi connectivity index (χ0v) is 30.9. The molecule has 284 valence electrons. The number of hydrogen-bond acceptors (Lipinski definition) is 9. The van der Waals surface area contributed by atoms with Crippen LogP contribution in [0.1, 0.15) is 52.4 Å². The molecule has 5 aromatic carbocycles. The van der Waals surface area contributed by atoms with Gasteiger partial charge in [-0.15, -0.1) is 5.06 Å². The Morgan fingerprint density at radius 2 is 1.04 bits per heavy atom. The zero-order valence-electron chi connectivity index (χ0n) is 30.9. The van der Waals surface area contributed by atoms with E-state index < -0.39 is 36.6 Å². The summed E-state index contributed by atoms with van der Waals surface area (Å²) in [6, 6.07) is 47.9. The molecule has 5 aromatic rings. The Balaban J connectivity index is 1.50. The first kappa shape index (κ1) is 40.5. The maximum Gasteiger partial charge on any atom is 0.357 e. The van der Waals surface area contributed by atoms with Crippen molar-refractivity contribution in [3.05, 3.63) is 179 Å². The van der Waals surface area contributed by atoms with Crippen molar-refractivity contribution in [1.29, 1.82) is 0 Å². The molecule has 9 heteroatoms. The van der Waals surface area contributed by atoms with Gasteiger partial charge in [0.15, 0.2) is 0 Å². The highest BCUT2D eigenvalue weighted by Gasteiger charge is 2.39. The summed E-state index contributed by atoms with van der Waals surface area (Å²) in [5, 5.41) is 13.5. The molecule has 9 nitrogen and oxygen atoms in total. The Morgan fingerprint density at radius 3 is 1.52 bits per heavy atom. The predicted octanol–water partition coefficient (Wildman–Crippen LogP) is 7.48. The highest BCUT2D eigenvalue weighted by molar-refractivity contribution is 5.89. The lowest BCUT2D eigenvalue weighted by Gasteiger charge is -2.38. The molecule has 0 aliphatic carbocycles. The lowest BCUT2D eigenvalue weighted by Crippen LogP contribution is -2.55. The fraction of sp³-hybridized carbons (Fsp3) is 0.311. The Morgan fingerprint density at radius 1 is 0.611 bits per heavy atom. The number of rotatable bonds is 23. The van der Waals surface area contributed by atoms with Crippen molar-refractivity contribution < 1.29 is 33.7 Å². The van der Waals surface area contributed by atoms with Crippen molar-refractivity contribution >= 4 is 5.97 Å². The van der Waals surface area contributed by atoms with Crippen molar-refractivity contribution in [2.75, 3.05) is 13.2 Å². The number of nitrogens with two attached hydrogens (primary N) is 1. The van der Waals surface area contributed by atoms with Gasteiger partial charge in [0, 0.05) is 0 Å². The van der Waals surface area contributed by atoms with Crippen molar-refractivity contribution in [2.24, 2.45) is 5.73 Å². The van der Waals surface area contributed by atoms with Gasteiger partial charge in [0.25, 0.3) is 0 Å². The number of ether oxygens (including phenoxy) is 4. The molecule has 0 aromatic heterocycles. The summed E-state index contributed by atoms with van der Waals surface area (Å²) < 4.78 is 26.2. The number of aliphatic hydroxyl groups excluding tert-OH is 1. The van der Waals surface area contributed by atoms with Crippen LogP contribution in [0.25, 0.3) is 0 Å². The van der Waals surface area contributed by atoms with E-state index in [1.54, 1.807) is 24.3 Å². The summed E-state index contributed by atoms with van der Waals surface area (Å²) in [6.07, 6.45) is -3.13. The standard InChI is InChI=1S/C45H52N2O7/c1-2-18-42(46)47(54-45(49)39-27-16-7-17-28-39)29-41(51-31-36-21-10-4-11-22-36)44(53-33-38-25-14-6-15-26-38)43(52-32-37-23-12-5-13-24-37)40(48)34-50-30-35-19-8-3-9-20-35/h3-17,19-28,40-44,48H,2,18,29-34,46H2,1H3/t40-,41+,42?,43+,44-/m1/s1. The molecule has 0 spiro atoms. The number of aliphatic hydroxyl groups is 1. The molecule has 0 aliphatic heterocycles. The first-order valence-corrected chi connectivity index (χ1v) is 18.6. The maximum atomic E-state index is 13.5. The Bertz CT molecular complexity index is 1730. The molecule has 0 radical (unpaired) electrons. The monoisotopic (exact) mass is 732 g/mol. The molecule has 0 fully saturated rings. The second-order valence-electron chi connectivity index (χ2n) is 13.1. The minimum Gasteiger partial charge on any atom is -0.388 e. The van der Waals surface area contributed by atoms with Crippen LogP contribution in [0.15, 0.2) is 152 Å². The first-order valence-electron chi connectivity index (χ1n) is 18.6. The SMILES string of the molecule is CCCC(N)N(C[C@H](OCc1ccccc1)[C@@H](OCc1ccccc1)[C@@H](OCc1ccccc1)[C@H](O)COCc1ccccc1)OC(=O)c1ccccc1. The van der Waals surface area contributed by atoms with Crippen molar-refractivity contribution in [3.63, 3.8) is 0 Å². The second-order valence-corrected chi connectivity index (χ2v) is 13.1. The molecular weight excluding hydrogens is 681 g/mol. The molecule has 0 heterocycles. The summed E-state index contributed by atoms with van der Waals surface area (Å²) in [5.41, 5.74) is 10.9. The number of carbonyl (C=O) groups excluding carboxylic acids is 1. The largest absolute Gasteiger partial charge is 0.388 e. The Hall–Kier alpha value is -4.71. The summed E-state index contributed by atoms with van der Waals surface area (Å²) in [6.45, 7) is 2.92. The Kier molecular flexibility index (Phi) is 16.9. The highest BCUT2D eigenvalue weighted by atomic mass is 16.7.